The van der Waals surface area contributed by atoms with E-state index in [2.05, 4.69) is 31.1 Å². The summed E-state index contributed by atoms with van der Waals surface area (Å²) in [5.74, 6) is 0.0366. The molecule has 0 bridgehead atoms. The van der Waals surface area contributed by atoms with Crippen LogP contribution in [0.25, 0.3) is 0 Å². The third-order valence-corrected chi connectivity index (χ3v) is 3.27. The summed E-state index contributed by atoms with van der Waals surface area (Å²) in [5.41, 5.74) is 6.19. The first-order valence-electron chi connectivity index (χ1n) is 4.34. The van der Waals surface area contributed by atoms with Gasteiger partial charge < -0.3 is 5.73 Å². The molecule has 0 saturated carbocycles. The molecule has 0 aliphatic rings. The van der Waals surface area contributed by atoms with E-state index in [0.717, 1.165) is 9.37 Å². The molecule has 4 N–H and O–H groups in total. The van der Waals surface area contributed by atoms with Gasteiger partial charge in [0.15, 0.2) is 5.16 Å². The Kier molecular flexibility index (Phi) is 3.25. The number of aromatic amines is 1. The third kappa shape index (κ3) is 2.42. The molecule has 0 radical (unpaired) electrons. The van der Waals surface area contributed by atoms with Gasteiger partial charge >= 0.3 is 0 Å². The highest BCUT2D eigenvalue weighted by molar-refractivity contribution is 9.10. The Morgan fingerprint density at radius 1 is 1.50 bits per heavy atom. The second kappa shape index (κ2) is 4.67. The van der Waals surface area contributed by atoms with Gasteiger partial charge in [-0.25, -0.2) is 4.98 Å². The highest BCUT2D eigenvalue weighted by Crippen LogP contribution is 2.29. The molecule has 0 saturated heterocycles. The largest absolute Gasteiger partial charge is 0.384 e. The molecule has 0 aliphatic heterocycles. The number of nitrogens with zero attached hydrogens (tertiary/aromatic N) is 2. The molecule has 0 unspecified atom stereocenters. The summed E-state index contributed by atoms with van der Waals surface area (Å²) in [6, 6.07) is 5.54. The van der Waals surface area contributed by atoms with Crippen molar-refractivity contribution in [2.45, 2.75) is 10.1 Å². The molecular weight excluding hydrogens is 290 g/mol. The van der Waals surface area contributed by atoms with Gasteiger partial charge in [0.05, 0.1) is 0 Å². The number of rotatable bonds is 3. The van der Waals surface area contributed by atoms with Crippen LogP contribution in [-0.4, -0.2) is 21.0 Å². The van der Waals surface area contributed by atoms with Crippen LogP contribution in [0.4, 0.5) is 0 Å². The summed E-state index contributed by atoms with van der Waals surface area (Å²) in [6.07, 6.45) is 1.44. The molecule has 0 atom stereocenters. The van der Waals surface area contributed by atoms with E-state index in [4.69, 9.17) is 11.1 Å². The number of nitrogens with one attached hydrogen (secondary N) is 2. The van der Waals surface area contributed by atoms with Crippen molar-refractivity contribution >= 4 is 33.5 Å². The number of aromatic nitrogens is 3. The highest BCUT2D eigenvalue weighted by atomic mass is 79.9. The zero-order valence-electron chi connectivity index (χ0n) is 8.07. The van der Waals surface area contributed by atoms with E-state index in [-0.39, 0.29) is 5.84 Å². The average molecular weight is 298 g/mol. The molecule has 1 aromatic carbocycles. The fourth-order valence-corrected chi connectivity index (χ4v) is 2.54. The number of amidine groups is 1. The van der Waals surface area contributed by atoms with Crippen molar-refractivity contribution in [2.24, 2.45) is 5.73 Å². The van der Waals surface area contributed by atoms with E-state index in [1.165, 1.54) is 18.1 Å². The normalized spacial score (nSPS) is 10.3. The van der Waals surface area contributed by atoms with Crippen molar-refractivity contribution < 1.29 is 0 Å². The van der Waals surface area contributed by atoms with E-state index in [9.17, 15) is 0 Å². The van der Waals surface area contributed by atoms with Crippen molar-refractivity contribution in [2.75, 3.05) is 0 Å². The van der Waals surface area contributed by atoms with Crippen LogP contribution in [0.2, 0.25) is 0 Å². The Morgan fingerprint density at radius 2 is 2.31 bits per heavy atom. The summed E-state index contributed by atoms with van der Waals surface area (Å²) in [7, 11) is 0. The summed E-state index contributed by atoms with van der Waals surface area (Å²) in [5, 5.41) is 14.7. The molecule has 2 aromatic rings. The van der Waals surface area contributed by atoms with Crippen LogP contribution < -0.4 is 5.73 Å². The Hall–Kier alpha value is -1.34. The maximum atomic E-state index is 7.48. The fraction of sp³-hybridized carbons (Fsp3) is 0. The Morgan fingerprint density at radius 3 is 2.94 bits per heavy atom. The number of benzene rings is 1. The van der Waals surface area contributed by atoms with E-state index in [1.54, 1.807) is 6.07 Å². The molecule has 0 amide bonds. The Bertz CT molecular complexity index is 511. The van der Waals surface area contributed by atoms with Gasteiger partial charge in [0.25, 0.3) is 0 Å². The molecule has 1 aromatic heterocycles. The van der Waals surface area contributed by atoms with Gasteiger partial charge in [-0.2, -0.15) is 5.10 Å². The predicted molar refractivity (Wildman–Crippen MR) is 65.7 cm³/mol. The quantitative estimate of drug-likeness (QED) is 0.597. The minimum Gasteiger partial charge on any atom is -0.384 e. The molecular formula is C9H8BrN5S. The van der Waals surface area contributed by atoms with Crippen molar-refractivity contribution in [1.82, 2.24) is 15.2 Å². The van der Waals surface area contributed by atoms with Crippen LogP contribution in [-0.2, 0) is 0 Å². The lowest BCUT2D eigenvalue weighted by atomic mass is 10.2. The average Bonchev–Trinajstić information content (AvgIpc) is 2.70. The second-order valence-corrected chi connectivity index (χ2v) is 4.89. The smallest absolute Gasteiger partial charge is 0.188 e. The van der Waals surface area contributed by atoms with Crippen LogP contribution >= 0.6 is 27.7 Å². The van der Waals surface area contributed by atoms with Gasteiger partial charge in [-0.05, 0) is 30.0 Å². The molecule has 0 aliphatic carbocycles. The van der Waals surface area contributed by atoms with Crippen molar-refractivity contribution in [1.29, 1.82) is 5.41 Å². The molecule has 5 nitrogen and oxygen atoms in total. The number of hydrogen-bond acceptors (Lipinski definition) is 4. The van der Waals surface area contributed by atoms with E-state index in [1.807, 2.05) is 12.1 Å². The standard InChI is InChI=1S/C9H8BrN5S/c10-5-1-2-6(8(11)12)7(3-5)16-9-13-4-14-15-9/h1-4H,(H3,11,12)(H,13,14,15). The van der Waals surface area contributed by atoms with Crippen molar-refractivity contribution in [3.05, 3.63) is 34.6 Å². The van der Waals surface area contributed by atoms with Gasteiger partial charge in [0.2, 0.25) is 0 Å². The van der Waals surface area contributed by atoms with Crippen LogP contribution in [0.5, 0.6) is 0 Å². The van der Waals surface area contributed by atoms with Crippen molar-refractivity contribution in [3.8, 4) is 0 Å². The maximum Gasteiger partial charge on any atom is 0.188 e. The lowest BCUT2D eigenvalue weighted by molar-refractivity contribution is 0.973. The van der Waals surface area contributed by atoms with Crippen molar-refractivity contribution in [3.63, 3.8) is 0 Å². The number of H-pyrrole nitrogens is 1. The van der Waals surface area contributed by atoms with E-state index >= 15 is 0 Å². The molecule has 0 fully saturated rings. The minimum absolute atomic E-state index is 0.0366. The zero-order chi connectivity index (χ0) is 11.5. The summed E-state index contributed by atoms with van der Waals surface area (Å²) < 4.78 is 0.930. The Balaban J connectivity index is 2.38. The topological polar surface area (TPSA) is 91.4 Å². The number of nitrogens with two attached hydrogens (primary N) is 1. The summed E-state index contributed by atoms with van der Waals surface area (Å²) >= 11 is 4.76. The number of halogens is 1. The lowest BCUT2D eigenvalue weighted by Crippen LogP contribution is -2.12. The second-order valence-electron chi connectivity index (χ2n) is 2.95. The van der Waals surface area contributed by atoms with E-state index in [0.29, 0.717) is 10.7 Å². The van der Waals surface area contributed by atoms with Gasteiger partial charge in [-0.15, -0.1) is 0 Å². The maximum absolute atomic E-state index is 7.48. The van der Waals surface area contributed by atoms with Crippen LogP contribution in [0.1, 0.15) is 5.56 Å². The molecule has 1 heterocycles. The van der Waals surface area contributed by atoms with Crippen LogP contribution in [0.15, 0.2) is 39.1 Å². The first-order valence-corrected chi connectivity index (χ1v) is 5.95. The van der Waals surface area contributed by atoms with Gasteiger partial charge in [0, 0.05) is 14.9 Å². The van der Waals surface area contributed by atoms with Gasteiger partial charge in [-0.1, -0.05) is 15.9 Å². The molecule has 82 valence electrons. The predicted octanol–water partition coefficient (Wildman–Crippen LogP) is 2.00. The third-order valence-electron chi connectivity index (χ3n) is 1.83. The SMILES string of the molecule is N=C(N)c1ccc(Br)cc1Sc1ncn[nH]1. The monoisotopic (exact) mass is 297 g/mol. The van der Waals surface area contributed by atoms with Crippen LogP contribution in [0.3, 0.4) is 0 Å². The fourth-order valence-electron chi connectivity index (χ4n) is 1.15. The molecule has 7 heteroatoms. The number of hydrogen-bond donors (Lipinski definition) is 3. The summed E-state index contributed by atoms with van der Waals surface area (Å²) in [4.78, 5) is 4.87. The number of nitrogen functional groups attached to an aromatic ring is 1. The Labute approximate surface area is 104 Å². The molecule has 0 spiro atoms. The van der Waals surface area contributed by atoms with E-state index < -0.39 is 0 Å². The van der Waals surface area contributed by atoms with Crippen LogP contribution in [0, 0.1) is 5.41 Å². The molecule has 16 heavy (non-hydrogen) atoms. The minimum atomic E-state index is 0.0366. The van der Waals surface area contributed by atoms with Gasteiger partial charge in [0.1, 0.15) is 12.2 Å². The zero-order valence-corrected chi connectivity index (χ0v) is 10.5. The first-order chi connectivity index (χ1) is 7.66. The summed E-state index contributed by atoms with van der Waals surface area (Å²) in [6.45, 7) is 0. The molecule has 2 rings (SSSR count). The first kappa shape index (κ1) is 11.2. The highest BCUT2D eigenvalue weighted by Gasteiger charge is 2.09. The van der Waals surface area contributed by atoms with Gasteiger partial charge in [-0.3, -0.25) is 10.5 Å². The lowest BCUT2D eigenvalue weighted by Gasteiger charge is -2.06.